The minimum atomic E-state index is -0.487. The highest BCUT2D eigenvalue weighted by atomic mass is 16.2. The van der Waals surface area contributed by atoms with E-state index in [0.717, 1.165) is 22.4 Å². The molecule has 3 rings (SSSR count). The van der Waals surface area contributed by atoms with E-state index >= 15 is 0 Å². The second-order valence-corrected chi connectivity index (χ2v) is 6.09. The van der Waals surface area contributed by atoms with Crippen molar-refractivity contribution >= 4 is 23.1 Å². The van der Waals surface area contributed by atoms with Gasteiger partial charge in [-0.2, -0.15) is 5.10 Å². The Bertz CT molecular complexity index is 926. The molecule has 7 heteroatoms. The van der Waals surface area contributed by atoms with Gasteiger partial charge in [0.1, 0.15) is 6.04 Å². The standard InChI is InChI=1S/C20H21N5O2/c1-2-4-13(9-10-21)16-12-22-25-19(16)14-5-3-6-15(11-14)23-20(27)17-7-8-18(26)24-17/h2-6,9-12,17H,1,7-8,21H2,(H,22,25)(H,23,27)(H,24,26)/b10-9-,13-4+. The Morgan fingerprint density at radius 3 is 2.96 bits per heavy atom. The van der Waals surface area contributed by atoms with Crippen molar-refractivity contribution in [1.82, 2.24) is 15.5 Å². The van der Waals surface area contributed by atoms with Gasteiger partial charge in [0.2, 0.25) is 11.8 Å². The van der Waals surface area contributed by atoms with Gasteiger partial charge < -0.3 is 16.4 Å². The number of H-pyrrole nitrogens is 1. The fraction of sp³-hybridized carbons (Fsp3) is 0.150. The molecule has 138 valence electrons. The van der Waals surface area contributed by atoms with Gasteiger partial charge in [-0.15, -0.1) is 0 Å². The van der Waals surface area contributed by atoms with E-state index in [4.69, 9.17) is 5.73 Å². The lowest BCUT2D eigenvalue weighted by molar-refractivity contribution is -0.122. The van der Waals surface area contributed by atoms with Gasteiger partial charge in [0.25, 0.3) is 0 Å². The lowest BCUT2D eigenvalue weighted by Crippen LogP contribution is -2.37. The van der Waals surface area contributed by atoms with E-state index < -0.39 is 6.04 Å². The number of carbonyl (C=O) groups excluding carboxylic acids is 2. The van der Waals surface area contributed by atoms with E-state index in [0.29, 0.717) is 18.5 Å². The van der Waals surface area contributed by atoms with Crippen LogP contribution in [0.25, 0.3) is 16.8 Å². The number of amides is 2. The third-order valence-corrected chi connectivity index (χ3v) is 4.24. The Hall–Kier alpha value is -3.61. The van der Waals surface area contributed by atoms with Crippen molar-refractivity contribution in [2.75, 3.05) is 5.32 Å². The van der Waals surface area contributed by atoms with E-state index in [1.165, 1.54) is 6.20 Å². The number of aromatic amines is 1. The summed E-state index contributed by atoms with van der Waals surface area (Å²) in [5, 5.41) is 12.7. The van der Waals surface area contributed by atoms with Crippen LogP contribution in [0.5, 0.6) is 0 Å². The number of rotatable bonds is 6. The Morgan fingerprint density at radius 1 is 1.41 bits per heavy atom. The first-order valence-electron chi connectivity index (χ1n) is 8.58. The van der Waals surface area contributed by atoms with Crippen molar-refractivity contribution in [2.24, 2.45) is 5.73 Å². The third-order valence-electron chi connectivity index (χ3n) is 4.24. The molecule has 0 aliphatic carbocycles. The predicted molar refractivity (Wildman–Crippen MR) is 105 cm³/mol. The quantitative estimate of drug-likeness (QED) is 0.590. The molecule has 1 aromatic carbocycles. The minimum absolute atomic E-state index is 0.0976. The van der Waals surface area contributed by atoms with Crippen LogP contribution in [0.4, 0.5) is 5.69 Å². The van der Waals surface area contributed by atoms with Gasteiger partial charge in [0.05, 0.1) is 5.69 Å². The van der Waals surface area contributed by atoms with Gasteiger partial charge in [0.15, 0.2) is 0 Å². The molecule has 2 heterocycles. The summed E-state index contributed by atoms with van der Waals surface area (Å²) in [4.78, 5) is 23.6. The maximum Gasteiger partial charge on any atom is 0.246 e. The summed E-state index contributed by atoms with van der Waals surface area (Å²) >= 11 is 0. The van der Waals surface area contributed by atoms with Crippen LogP contribution in [-0.2, 0) is 9.59 Å². The number of nitrogens with two attached hydrogens (primary N) is 1. The summed E-state index contributed by atoms with van der Waals surface area (Å²) < 4.78 is 0. The molecular weight excluding hydrogens is 342 g/mol. The number of allylic oxidation sites excluding steroid dienone is 4. The number of carbonyl (C=O) groups is 2. The zero-order chi connectivity index (χ0) is 19.2. The van der Waals surface area contributed by atoms with E-state index in [2.05, 4.69) is 27.4 Å². The van der Waals surface area contributed by atoms with Gasteiger partial charge in [-0.25, -0.2) is 0 Å². The van der Waals surface area contributed by atoms with Gasteiger partial charge in [-0.1, -0.05) is 30.9 Å². The first-order valence-corrected chi connectivity index (χ1v) is 8.58. The SMILES string of the molecule is C=C/C=C(\C=C/N)c1c[nH]nc1-c1cccc(NC(=O)C2CCC(=O)N2)c1. The molecule has 5 N–H and O–H groups in total. The monoisotopic (exact) mass is 363 g/mol. The van der Waals surface area contributed by atoms with Crippen LogP contribution >= 0.6 is 0 Å². The molecule has 0 radical (unpaired) electrons. The van der Waals surface area contributed by atoms with Gasteiger partial charge >= 0.3 is 0 Å². The lowest BCUT2D eigenvalue weighted by atomic mass is 10.0. The molecule has 7 nitrogen and oxygen atoms in total. The Morgan fingerprint density at radius 2 is 2.26 bits per heavy atom. The Labute approximate surface area is 157 Å². The molecule has 1 aromatic heterocycles. The van der Waals surface area contributed by atoms with Crippen LogP contribution in [0, 0.1) is 0 Å². The second-order valence-electron chi connectivity index (χ2n) is 6.09. The number of nitrogens with one attached hydrogen (secondary N) is 3. The first-order chi connectivity index (χ1) is 13.1. The van der Waals surface area contributed by atoms with Crippen molar-refractivity contribution in [3.05, 3.63) is 67.0 Å². The highest BCUT2D eigenvalue weighted by Gasteiger charge is 2.27. The zero-order valence-electron chi connectivity index (χ0n) is 14.7. The molecule has 0 bridgehead atoms. The molecule has 2 aromatic rings. The van der Waals surface area contributed by atoms with Crippen LogP contribution < -0.4 is 16.4 Å². The number of benzene rings is 1. The molecular formula is C20H21N5O2. The molecule has 1 atom stereocenters. The summed E-state index contributed by atoms with van der Waals surface area (Å²) in [5.74, 6) is -0.321. The summed E-state index contributed by atoms with van der Waals surface area (Å²) in [6.45, 7) is 3.73. The minimum Gasteiger partial charge on any atom is -0.405 e. The van der Waals surface area contributed by atoms with Crippen LogP contribution in [-0.4, -0.2) is 28.1 Å². The molecule has 1 aliphatic rings. The number of aromatic nitrogens is 2. The fourth-order valence-electron chi connectivity index (χ4n) is 2.98. The predicted octanol–water partition coefficient (Wildman–Crippen LogP) is 2.34. The lowest BCUT2D eigenvalue weighted by Gasteiger charge is -2.12. The fourth-order valence-corrected chi connectivity index (χ4v) is 2.98. The third kappa shape index (κ3) is 4.14. The largest absolute Gasteiger partial charge is 0.405 e. The summed E-state index contributed by atoms with van der Waals surface area (Å²) in [6, 6.07) is 6.90. The Kier molecular flexibility index (Phi) is 5.51. The number of hydrogen-bond donors (Lipinski definition) is 4. The molecule has 0 saturated carbocycles. The van der Waals surface area contributed by atoms with Gasteiger partial charge in [-0.3, -0.25) is 14.7 Å². The van der Waals surface area contributed by atoms with Crippen LogP contribution in [0.1, 0.15) is 18.4 Å². The summed E-state index contributed by atoms with van der Waals surface area (Å²) in [6.07, 6.45) is 9.41. The molecule has 1 fully saturated rings. The second kappa shape index (κ2) is 8.18. The van der Waals surface area contributed by atoms with Crippen LogP contribution in [0.3, 0.4) is 0 Å². The van der Waals surface area contributed by atoms with E-state index in [-0.39, 0.29) is 11.8 Å². The maximum absolute atomic E-state index is 12.3. The highest BCUT2D eigenvalue weighted by molar-refractivity contribution is 5.99. The molecule has 27 heavy (non-hydrogen) atoms. The van der Waals surface area contributed by atoms with Crippen molar-refractivity contribution < 1.29 is 9.59 Å². The van der Waals surface area contributed by atoms with E-state index in [1.807, 2.05) is 24.3 Å². The first kappa shape index (κ1) is 18.2. The average Bonchev–Trinajstić information content (AvgIpc) is 3.31. The topological polar surface area (TPSA) is 113 Å². The number of anilines is 1. The van der Waals surface area contributed by atoms with Crippen molar-refractivity contribution in [2.45, 2.75) is 18.9 Å². The summed E-state index contributed by atoms with van der Waals surface area (Å²) in [7, 11) is 0. The molecule has 1 unspecified atom stereocenters. The van der Waals surface area contributed by atoms with Gasteiger partial charge in [0, 0.05) is 29.4 Å². The van der Waals surface area contributed by atoms with Crippen molar-refractivity contribution in [3.8, 4) is 11.3 Å². The van der Waals surface area contributed by atoms with Gasteiger partial charge in [-0.05, 0) is 36.4 Å². The van der Waals surface area contributed by atoms with Crippen molar-refractivity contribution in [3.63, 3.8) is 0 Å². The molecule has 2 amide bonds. The number of hydrogen-bond acceptors (Lipinski definition) is 4. The zero-order valence-corrected chi connectivity index (χ0v) is 14.7. The Balaban J connectivity index is 1.85. The number of nitrogens with zero attached hydrogens (tertiary/aromatic N) is 1. The van der Waals surface area contributed by atoms with Crippen LogP contribution in [0.15, 0.2) is 61.5 Å². The average molecular weight is 363 g/mol. The molecule has 0 spiro atoms. The van der Waals surface area contributed by atoms with Crippen molar-refractivity contribution in [1.29, 1.82) is 0 Å². The highest BCUT2D eigenvalue weighted by Crippen LogP contribution is 2.29. The summed E-state index contributed by atoms with van der Waals surface area (Å²) in [5.41, 5.74) is 9.46. The van der Waals surface area contributed by atoms with Crippen LogP contribution in [0.2, 0.25) is 0 Å². The van der Waals surface area contributed by atoms with E-state index in [1.54, 1.807) is 24.4 Å². The normalized spacial score (nSPS) is 17.1. The molecule has 1 saturated heterocycles. The smallest absolute Gasteiger partial charge is 0.246 e. The maximum atomic E-state index is 12.3. The molecule has 1 aliphatic heterocycles. The van der Waals surface area contributed by atoms with E-state index in [9.17, 15) is 9.59 Å².